The van der Waals surface area contributed by atoms with E-state index in [9.17, 15) is 4.79 Å². The zero-order valence-electron chi connectivity index (χ0n) is 12.3. The number of aliphatic carboxylic acids is 1. The molecule has 3 nitrogen and oxygen atoms in total. The average Bonchev–Trinajstić information content (AvgIpc) is 2.77. The zero-order valence-corrected chi connectivity index (χ0v) is 12.3. The molecule has 1 N–H and O–H groups in total. The highest BCUT2D eigenvalue weighted by atomic mass is 16.4. The summed E-state index contributed by atoms with van der Waals surface area (Å²) in [6.45, 7) is 4.14. The number of hydrogen-bond acceptors (Lipinski definition) is 2. The highest BCUT2D eigenvalue weighted by molar-refractivity contribution is 5.71. The molecule has 0 fully saturated rings. The second kappa shape index (κ2) is 7.32. The van der Waals surface area contributed by atoms with Gasteiger partial charge in [-0.3, -0.25) is 4.79 Å². The van der Waals surface area contributed by atoms with E-state index in [0.717, 1.165) is 13.1 Å². The molecule has 3 heteroatoms. The molecular weight excluding hydrogens is 250 g/mol. The summed E-state index contributed by atoms with van der Waals surface area (Å²) in [5.74, 6) is -0.547. The Balaban J connectivity index is 1.93. The summed E-state index contributed by atoms with van der Waals surface area (Å²) in [5, 5.41) is 9.04. The SMILES string of the molecule is CCCCCCCN1CC(CC(=O)O)c2ccccc21. The largest absolute Gasteiger partial charge is 0.481 e. The number of carboxylic acids is 1. The molecule has 0 amide bonds. The van der Waals surface area contributed by atoms with E-state index in [1.807, 2.05) is 12.1 Å². The highest BCUT2D eigenvalue weighted by Gasteiger charge is 2.29. The third-order valence-electron chi connectivity index (χ3n) is 4.11. The van der Waals surface area contributed by atoms with E-state index in [4.69, 9.17) is 5.11 Å². The number of fused-ring (bicyclic) bond motifs is 1. The van der Waals surface area contributed by atoms with Crippen LogP contribution in [0.1, 0.15) is 56.9 Å². The van der Waals surface area contributed by atoms with Crippen LogP contribution in [-0.4, -0.2) is 24.2 Å². The number of benzene rings is 1. The van der Waals surface area contributed by atoms with Gasteiger partial charge in [0.05, 0.1) is 6.42 Å². The van der Waals surface area contributed by atoms with Gasteiger partial charge in [-0.05, 0) is 18.1 Å². The first-order valence-electron chi connectivity index (χ1n) is 7.78. The van der Waals surface area contributed by atoms with Gasteiger partial charge >= 0.3 is 5.97 Å². The number of rotatable bonds is 8. The minimum atomic E-state index is -0.699. The van der Waals surface area contributed by atoms with Gasteiger partial charge in [-0.2, -0.15) is 0 Å². The molecule has 110 valence electrons. The van der Waals surface area contributed by atoms with Crippen LogP contribution < -0.4 is 4.90 Å². The summed E-state index contributed by atoms with van der Waals surface area (Å²) < 4.78 is 0. The van der Waals surface area contributed by atoms with Crippen LogP contribution in [0.5, 0.6) is 0 Å². The molecule has 1 unspecified atom stereocenters. The fourth-order valence-electron chi connectivity index (χ4n) is 3.09. The molecule has 0 saturated carbocycles. The van der Waals surface area contributed by atoms with Crippen LogP contribution in [0, 0.1) is 0 Å². The Bertz CT molecular complexity index is 444. The van der Waals surface area contributed by atoms with Gasteiger partial charge in [-0.15, -0.1) is 0 Å². The maximum absolute atomic E-state index is 11.0. The normalized spacial score (nSPS) is 17.2. The molecule has 0 aliphatic carbocycles. The van der Waals surface area contributed by atoms with Gasteiger partial charge in [0, 0.05) is 24.7 Å². The lowest BCUT2D eigenvalue weighted by Gasteiger charge is -2.19. The van der Waals surface area contributed by atoms with Crippen LogP contribution in [0.3, 0.4) is 0 Å². The molecule has 1 aromatic carbocycles. The molecule has 1 atom stereocenters. The highest BCUT2D eigenvalue weighted by Crippen LogP contribution is 2.37. The molecule has 20 heavy (non-hydrogen) atoms. The summed E-state index contributed by atoms with van der Waals surface area (Å²) in [7, 11) is 0. The van der Waals surface area contributed by atoms with E-state index in [2.05, 4.69) is 24.0 Å². The molecular formula is C17H25NO2. The Morgan fingerprint density at radius 1 is 1.25 bits per heavy atom. The van der Waals surface area contributed by atoms with Crippen molar-refractivity contribution in [3.05, 3.63) is 29.8 Å². The van der Waals surface area contributed by atoms with Gasteiger partial charge in [0.25, 0.3) is 0 Å². The van der Waals surface area contributed by atoms with E-state index in [1.54, 1.807) is 0 Å². The van der Waals surface area contributed by atoms with Gasteiger partial charge in [-0.1, -0.05) is 50.8 Å². The number of carbonyl (C=O) groups is 1. The molecule has 2 rings (SSSR count). The van der Waals surface area contributed by atoms with Crippen LogP contribution >= 0.6 is 0 Å². The number of nitrogens with zero attached hydrogens (tertiary/aromatic N) is 1. The van der Waals surface area contributed by atoms with Crippen LogP contribution in [-0.2, 0) is 4.79 Å². The number of carboxylic acid groups (broad SMARTS) is 1. The maximum atomic E-state index is 11.0. The topological polar surface area (TPSA) is 40.5 Å². The first kappa shape index (κ1) is 14.9. The summed E-state index contributed by atoms with van der Waals surface area (Å²) in [6.07, 6.45) is 6.61. The Morgan fingerprint density at radius 2 is 2.00 bits per heavy atom. The van der Waals surface area contributed by atoms with Crippen LogP contribution in [0.15, 0.2) is 24.3 Å². The standard InChI is InChI=1S/C17H25NO2/c1-2-3-4-5-8-11-18-13-14(12-17(19)20)15-9-6-7-10-16(15)18/h6-7,9-10,14H,2-5,8,11-13H2,1H3,(H,19,20). The molecule has 1 aromatic rings. The minimum absolute atomic E-state index is 0.152. The first-order valence-corrected chi connectivity index (χ1v) is 7.78. The molecule has 1 aliphatic heterocycles. The Kier molecular flexibility index (Phi) is 5.45. The maximum Gasteiger partial charge on any atom is 0.304 e. The number of para-hydroxylation sites is 1. The first-order chi connectivity index (χ1) is 9.72. The van der Waals surface area contributed by atoms with Gasteiger partial charge in [-0.25, -0.2) is 0 Å². The fraction of sp³-hybridized carbons (Fsp3) is 0.588. The van der Waals surface area contributed by atoms with Gasteiger partial charge in [0.1, 0.15) is 0 Å². The van der Waals surface area contributed by atoms with Crippen molar-refractivity contribution in [3.8, 4) is 0 Å². The van der Waals surface area contributed by atoms with Crippen LogP contribution in [0.25, 0.3) is 0 Å². The molecule has 0 saturated heterocycles. The van der Waals surface area contributed by atoms with Crippen molar-refractivity contribution in [2.75, 3.05) is 18.0 Å². The molecule has 0 bridgehead atoms. The van der Waals surface area contributed by atoms with Crippen molar-refractivity contribution in [2.45, 2.75) is 51.4 Å². The van der Waals surface area contributed by atoms with Crippen LogP contribution in [0.4, 0.5) is 5.69 Å². The zero-order chi connectivity index (χ0) is 14.4. The van der Waals surface area contributed by atoms with Gasteiger partial charge < -0.3 is 10.0 Å². The van der Waals surface area contributed by atoms with E-state index in [1.165, 1.54) is 43.4 Å². The fourth-order valence-corrected chi connectivity index (χ4v) is 3.09. The van der Waals surface area contributed by atoms with E-state index in [-0.39, 0.29) is 12.3 Å². The van der Waals surface area contributed by atoms with Crippen molar-refractivity contribution < 1.29 is 9.90 Å². The molecule has 1 heterocycles. The monoisotopic (exact) mass is 275 g/mol. The van der Waals surface area contributed by atoms with Crippen molar-refractivity contribution in [1.29, 1.82) is 0 Å². The third kappa shape index (κ3) is 3.75. The Morgan fingerprint density at radius 3 is 2.75 bits per heavy atom. The predicted molar refractivity (Wildman–Crippen MR) is 82.4 cm³/mol. The molecule has 1 aliphatic rings. The Hall–Kier alpha value is -1.51. The second-order valence-corrected chi connectivity index (χ2v) is 5.71. The molecule has 0 aromatic heterocycles. The smallest absolute Gasteiger partial charge is 0.304 e. The lowest BCUT2D eigenvalue weighted by molar-refractivity contribution is -0.137. The van der Waals surface area contributed by atoms with Crippen molar-refractivity contribution >= 4 is 11.7 Å². The van der Waals surface area contributed by atoms with Gasteiger partial charge in [0.15, 0.2) is 0 Å². The second-order valence-electron chi connectivity index (χ2n) is 5.71. The summed E-state index contributed by atoms with van der Waals surface area (Å²) in [5.41, 5.74) is 2.46. The average molecular weight is 275 g/mol. The number of unbranched alkanes of at least 4 members (excludes halogenated alkanes) is 4. The quantitative estimate of drug-likeness (QED) is 0.728. The van der Waals surface area contributed by atoms with E-state index < -0.39 is 5.97 Å². The summed E-state index contributed by atoms with van der Waals surface area (Å²) in [6, 6.07) is 8.27. The lowest BCUT2D eigenvalue weighted by Crippen LogP contribution is -2.23. The molecule has 0 spiro atoms. The van der Waals surface area contributed by atoms with Gasteiger partial charge in [0.2, 0.25) is 0 Å². The van der Waals surface area contributed by atoms with Crippen LogP contribution in [0.2, 0.25) is 0 Å². The number of anilines is 1. The number of hydrogen-bond donors (Lipinski definition) is 1. The van der Waals surface area contributed by atoms with E-state index in [0.29, 0.717) is 0 Å². The minimum Gasteiger partial charge on any atom is -0.481 e. The van der Waals surface area contributed by atoms with Crippen molar-refractivity contribution in [2.24, 2.45) is 0 Å². The predicted octanol–water partition coefficient (Wildman–Crippen LogP) is 4.04. The Labute approximate surface area is 121 Å². The summed E-state index contributed by atoms with van der Waals surface area (Å²) >= 11 is 0. The lowest BCUT2D eigenvalue weighted by atomic mass is 9.98. The van der Waals surface area contributed by atoms with Crippen molar-refractivity contribution in [3.63, 3.8) is 0 Å². The van der Waals surface area contributed by atoms with Crippen molar-refractivity contribution in [1.82, 2.24) is 0 Å². The summed E-state index contributed by atoms with van der Waals surface area (Å²) in [4.78, 5) is 13.4. The third-order valence-corrected chi connectivity index (χ3v) is 4.11. The van der Waals surface area contributed by atoms with E-state index >= 15 is 0 Å². The molecule has 0 radical (unpaired) electrons.